The van der Waals surface area contributed by atoms with E-state index in [-0.39, 0.29) is 5.69 Å². The highest BCUT2D eigenvalue weighted by atomic mass is 19.4. The molecule has 0 radical (unpaired) electrons. The molecule has 3 N–H and O–H groups in total. The number of hydrogen-bond acceptors (Lipinski definition) is 7. The summed E-state index contributed by atoms with van der Waals surface area (Å²) < 4.78 is 45.5. The Kier molecular flexibility index (Phi) is 5.93. The number of aromatic nitrogens is 3. The lowest BCUT2D eigenvalue weighted by Crippen LogP contribution is -2.38. The van der Waals surface area contributed by atoms with Gasteiger partial charge >= 0.3 is 6.18 Å². The topological polar surface area (TPSA) is 89.2 Å². The summed E-state index contributed by atoms with van der Waals surface area (Å²) in [6.07, 6.45) is 0.163. The first-order chi connectivity index (χ1) is 16.3. The third-order valence-electron chi connectivity index (χ3n) is 6.53. The molecule has 0 bridgehead atoms. The zero-order valence-electron chi connectivity index (χ0n) is 18.9. The number of nitrogens with two attached hydrogens (primary N) is 1. The Hall–Kier alpha value is -3.14. The first-order valence-electron chi connectivity index (χ1n) is 11.5. The Bertz CT molecular complexity index is 1190. The van der Waals surface area contributed by atoms with Gasteiger partial charge in [0, 0.05) is 49.0 Å². The van der Waals surface area contributed by atoms with Gasteiger partial charge in [-0.2, -0.15) is 18.2 Å². The van der Waals surface area contributed by atoms with E-state index in [9.17, 15) is 13.2 Å². The van der Waals surface area contributed by atoms with E-state index in [1.165, 1.54) is 0 Å². The fraction of sp³-hybridized carbons (Fsp3) is 0.458. The Balaban J connectivity index is 1.53. The van der Waals surface area contributed by atoms with Crippen molar-refractivity contribution in [2.24, 2.45) is 0 Å². The molecule has 1 atom stereocenters. The van der Waals surface area contributed by atoms with Crippen LogP contribution in [0.2, 0.25) is 0 Å². The highest BCUT2D eigenvalue weighted by Crippen LogP contribution is 2.35. The number of fused-ring (bicyclic) bond motifs is 1. The van der Waals surface area contributed by atoms with Crippen molar-refractivity contribution in [2.45, 2.75) is 44.3 Å². The molecule has 2 saturated heterocycles. The Morgan fingerprint density at radius 1 is 1.12 bits per heavy atom. The van der Waals surface area contributed by atoms with Crippen LogP contribution in [0.15, 0.2) is 30.5 Å². The number of benzene rings is 1. The monoisotopic (exact) mass is 472 g/mol. The van der Waals surface area contributed by atoms with Crippen LogP contribution in [0.3, 0.4) is 0 Å². The molecule has 3 aromatic rings. The molecule has 2 aromatic heterocycles. The maximum absolute atomic E-state index is 13.3. The maximum atomic E-state index is 13.3. The molecular formula is C24H27F3N6O. The summed E-state index contributed by atoms with van der Waals surface area (Å²) in [7, 11) is 0. The third kappa shape index (κ3) is 4.59. The van der Waals surface area contributed by atoms with Crippen molar-refractivity contribution in [1.82, 2.24) is 15.0 Å². The average molecular weight is 473 g/mol. The van der Waals surface area contributed by atoms with Crippen molar-refractivity contribution < 1.29 is 17.9 Å². The lowest BCUT2D eigenvalue weighted by molar-refractivity contribution is -0.137. The Morgan fingerprint density at radius 3 is 2.56 bits per heavy atom. The molecule has 0 aliphatic carbocycles. The first-order valence-corrected chi connectivity index (χ1v) is 11.5. The maximum Gasteiger partial charge on any atom is 0.416 e. The second-order valence-electron chi connectivity index (χ2n) is 8.98. The van der Waals surface area contributed by atoms with Gasteiger partial charge in [0.25, 0.3) is 0 Å². The Labute approximate surface area is 195 Å². The predicted octanol–water partition coefficient (Wildman–Crippen LogP) is 4.90. The number of pyridine rings is 1. The number of nitrogens with zero attached hydrogens (tertiary/aromatic N) is 4. The molecule has 2 aliphatic rings. The quantitative estimate of drug-likeness (QED) is 0.511. The molecule has 0 amide bonds. The lowest BCUT2D eigenvalue weighted by atomic mass is 9.95. The van der Waals surface area contributed by atoms with Crippen LogP contribution in [0.25, 0.3) is 10.9 Å². The fourth-order valence-corrected chi connectivity index (χ4v) is 4.40. The molecule has 0 spiro atoms. The van der Waals surface area contributed by atoms with Gasteiger partial charge in [-0.05, 0) is 56.0 Å². The zero-order valence-corrected chi connectivity index (χ0v) is 18.9. The van der Waals surface area contributed by atoms with Crippen LogP contribution in [0.1, 0.15) is 55.0 Å². The SMILES string of the molecule is C[C@@H](Nc1nc(N2CCC2)nc2cnc(C3CCOCC3)cc12)c1cc(N)cc(C(F)(F)F)c1. The van der Waals surface area contributed by atoms with E-state index in [4.69, 9.17) is 20.4 Å². The molecule has 0 unspecified atom stereocenters. The molecule has 0 saturated carbocycles. The van der Waals surface area contributed by atoms with Crippen LogP contribution in [-0.2, 0) is 10.9 Å². The molecular weight excluding hydrogens is 445 g/mol. The molecule has 1 aromatic carbocycles. The van der Waals surface area contributed by atoms with Crippen molar-refractivity contribution >= 4 is 28.4 Å². The first kappa shape index (κ1) is 22.6. The van der Waals surface area contributed by atoms with E-state index < -0.39 is 17.8 Å². The van der Waals surface area contributed by atoms with Crippen LogP contribution in [0.5, 0.6) is 0 Å². The number of rotatable bonds is 5. The summed E-state index contributed by atoms with van der Waals surface area (Å²) in [6.45, 7) is 4.95. The van der Waals surface area contributed by atoms with E-state index in [0.29, 0.717) is 42.0 Å². The van der Waals surface area contributed by atoms with Crippen LogP contribution >= 0.6 is 0 Å². The van der Waals surface area contributed by atoms with Gasteiger partial charge in [-0.15, -0.1) is 0 Å². The van der Waals surface area contributed by atoms with Crippen LogP contribution < -0.4 is 16.0 Å². The number of ether oxygens (including phenoxy) is 1. The summed E-state index contributed by atoms with van der Waals surface area (Å²) in [5.41, 5.74) is 7.18. The molecule has 5 rings (SSSR count). The molecule has 34 heavy (non-hydrogen) atoms. The standard InChI is InChI=1S/C24H27F3N6O/c1-14(16-9-17(24(25,26)27)11-18(28)10-16)30-22-19-12-20(15-3-7-34-8-4-15)29-13-21(19)31-23(32-22)33-5-2-6-33/h9-15H,2-8,28H2,1H3,(H,30,31,32)/t14-/m1/s1. The third-order valence-corrected chi connectivity index (χ3v) is 6.53. The summed E-state index contributed by atoms with van der Waals surface area (Å²) in [5.74, 6) is 1.46. The normalized spacial score (nSPS) is 18.1. The van der Waals surface area contributed by atoms with Gasteiger partial charge in [0.05, 0.1) is 23.3 Å². The van der Waals surface area contributed by atoms with E-state index in [1.54, 1.807) is 19.2 Å². The number of alkyl halides is 3. The lowest BCUT2D eigenvalue weighted by Gasteiger charge is -2.31. The number of hydrogen-bond donors (Lipinski definition) is 2. The van der Waals surface area contributed by atoms with Gasteiger partial charge in [-0.1, -0.05) is 0 Å². The second-order valence-corrected chi connectivity index (χ2v) is 8.98. The predicted molar refractivity (Wildman–Crippen MR) is 125 cm³/mol. The van der Waals surface area contributed by atoms with E-state index in [1.807, 2.05) is 6.07 Å². The smallest absolute Gasteiger partial charge is 0.399 e. The largest absolute Gasteiger partial charge is 0.416 e. The minimum Gasteiger partial charge on any atom is -0.399 e. The number of nitrogen functional groups attached to an aromatic ring is 1. The van der Waals surface area contributed by atoms with Crippen LogP contribution in [0, 0.1) is 0 Å². The van der Waals surface area contributed by atoms with Gasteiger partial charge in [-0.25, -0.2) is 4.98 Å². The van der Waals surface area contributed by atoms with Gasteiger partial charge in [0.1, 0.15) is 5.82 Å². The molecule has 180 valence electrons. The van der Waals surface area contributed by atoms with E-state index in [2.05, 4.69) is 15.2 Å². The summed E-state index contributed by atoms with van der Waals surface area (Å²) in [4.78, 5) is 16.2. The van der Waals surface area contributed by atoms with E-state index in [0.717, 1.165) is 55.6 Å². The van der Waals surface area contributed by atoms with Crippen LogP contribution in [-0.4, -0.2) is 41.3 Å². The van der Waals surface area contributed by atoms with Crippen molar-refractivity contribution in [3.8, 4) is 0 Å². The number of anilines is 3. The van der Waals surface area contributed by atoms with E-state index >= 15 is 0 Å². The number of nitrogens with one attached hydrogen (secondary N) is 1. The average Bonchev–Trinajstić information content (AvgIpc) is 2.77. The van der Waals surface area contributed by atoms with Gasteiger partial charge in [0.2, 0.25) is 5.95 Å². The summed E-state index contributed by atoms with van der Waals surface area (Å²) in [5, 5.41) is 4.13. The van der Waals surface area contributed by atoms with Crippen LogP contribution in [0.4, 0.5) is 30.6 Å². The molecule has 10 heteroatoms. The van der Waals surface area contributed by atoms with Crippen molar-refractivity contribution in [3.63, 3.8) is 0 Å². The highest BCUT2D eigenvalue weighted by molar-refractivity contribution is 5.90. The number of halogens is 3. The van der Waals surface area contributed by atoms with Crippen molar-refractivity contribution in [3.05, 3.63) is 47.3 Å². The molecule has 2 aliphatic heterocycles. The highest BCUT2D eigenvalue weighted by Gasteiger charge is 2.31. The molecule has 7 nitrogen and oxygen atoms in total. The minimum atomic E-state index is -4.47. The fourth-order valence-electron chi connectivity index (χ4n) is 4.40. The zero-order chi connectivity index (χ0) is 23.9. The van der Waals surface area contributed by atoms with Gasteiger partial charge in [0.15, 0.2) is 0 Å². The minimum absolute atomic E-state index is 0.0679. The van der Waals surface area contributed by atoms with Gasteiger partial charge < -0.3 is 20.7 Å². The van der Waals surface area contributed by atoms with Crippen molar-refractivity contribution in [2.75, 3.05) is 42.3 Å². The summed E-state index contributed by atoms with van der Waals surface area (Å²) >= 11 is 0. The van der Waals surface area contributed by atoms with Gasteiger partial charge in [-0.3, -0.25) is 4.98 Å². The summed E-state index contributed by atoms with van der Waals surface area (Å²) in [6, 6.07) is 5.17. The molecule has 2 fully saturated rings. The van der Waals surface area contributed by atoms with Crippen molar-refractivity contribution in [1.29, 1.82) is 0 Å². The second kappa shape index (κ2) is 8.90. The molecule has 4 heterocycles. The Morgan fingerprint density at radius 2 is 1.88 bits per heavy atom.